The largest absolute Gasteiger partial charge is 0.365 e. The fourth-order valence-corrected chi connectivity index (χ4v) is 3.93. The maximum atomic E-state index is 13.5. The highest BCUT2D eigenvalue weighted by molar-refractivity contribution is 5.91. The van der Waals surface area contributed by atoms with E-state index in [0.717, 1.165) is 12.0 Å². The summed E-state index contributed by atoms with van der Waals surface area (Å²) in [5, 5.41) is 5.98. The van der Waals surface area contributed by atoms with E-state index in [1.54, 1.807) is 20.0 Å². The molecule has 0 bridgehead atoms. The number of aliphatic imine (C=N–C) groups is 1. The molecular weight excluding hydrogens is 470 g/mol. The van der Waals surface area contributed by atoms with Crippen LogP contribution in [0.15, 0.2) is 52.6 Å². The number of nitrogens with one attached hydrogen (secondary N) is 2. The third kappa shape index (κ3) is 6.99. The van der Waals surface area contributed by atoms with Crippen LogP contribution < -0.4 is 16.2 Å². The van der Waals surface area contributed by atoms with Crippen molar-refractivity contribution in [3.8, 4) is 0 Å². The Morgan fingerprint density at radius 1 is 1.14 bits per heavy atom. The Morgan fingerprint density at radius 2 is 1.84 bits per heavy atom. The molecule has 196 valence electrons. The summed E-state index contributed by atoms with van der Waals surface area (Å²) in [6, 6.07) is 9.93. The van der Waals surface area contributed by atoms with Gasteiger partial charge >= 0.3 is 5.56 Å². The van der Waals surface area contributed by atoms with Crippen molar-refractivity contribution in [3.63, 3.8) is 0 Å². The minimum absolute atomic E-state index is 0.116. The molecule has 1 atom stereocenters. The number of nitrogens with zero attached hydrogens (tertiary/aromatic N) is 5. The number of carbonyl (C=O) groups excluding carboxylic acids is 2. The third-order valence-corrected chi connectivity index (χ3v) is 5.84. The van der Waals surface area contributed by atoms with Gasteiger partial charge in [0, 0.05) is 19.5 Å². The average molecular weight is 506 g/mol. The van der Waals surface area contributed by atoms with E-state index in [-0.39, 0.29) is 23.6 Å². The first-order chi connectivity index (χ1) is 17.5. The van der Waals surface area contributed by atoms with Crippen LogP contribution in [-0.2, 0) is 16.0 Å². The van der Waals surface area contributed by atoms with E-state index in [9.17, 15) is 14.4 Å². The molecule has 0 radical (unpaired) electrons. The van der Waals surface area contributed by atoms with E-state index < -0.39 is 17.4 Å². The van der Waals surface area contributed by atoms with Gasteiger partial charge < -0.3 is 10.6 Å². The van der Waals surface area contributed by atoms with E-state index >= 15 is 0 Å². The number of rotatable bonds is 10. The molecule has 37 heavy (non-hydrogen) atoms. The van der Waals surface area contributed by atoms with Crippen LogP contribution in [0, 0.1) is 19.3 Å². The summed E-state index contributed by atoms with van der Waals surface area (Å²) >= 11 is 0. The number of hydrogen-bond acceptors (Lipinski definition) is 6. The summed E-state index contributed by atoms with van der Waals surface area (Å²) < 4.78 is 2.89. The summed E-state index contributed by atoms with van der Waals surface area (Å²) in [5.41, 5.74) is 2.06. The number of hydrogen-bond donors (Lipinski definition) is 2. The van der Waals surface area contributed by atoms with Crippen molar-refractivity contribution in [1.82, 2.24) is 24.6 Å². The predicted molar refractivity (Wildman–Crippen MR) is 144 cm³/mol. The van der Waals surface area contributed by atoms with Gasteiger partial charge in [0.05, 0.1) is 29.2 Å². The molecule has 0 aliphatic heterocycles. The van der Waals surface area contributed by atoms with Gasteiger partial charge in [-0.1, -0.05) is 51.1 Å². The zero-order valence-electron chi connectivity index (χ0n) is 22.1. The van der Waals surface area contributed by atoms with E-state index in [4.69, 9.17) is 0 Å². The first kappa shape index (κ1) is 27.5. The van der Waals surface area contributed by atoms with Gasteiger partial charge in [0.2, 0.25) is 5.91 Å². The highest BCUT2D eigenvalue weighted by Crippen LogP contribution is 2.25. The summed E-state index contributed by atoms with van der Waals surface area (Å²) in [6.45, 7) is 13.8. The molecule has 0 saturated heterocycles. The van der Waals surface area contributed by atoms with E-state index in [1.807, 2.05) is 51.1 Å². The smallest absolute Gasteiger partial charge is 0.312 e. The van der Waals surface area contributed by atoms with Gasteiger partial charge in [-0.2, -0.15) is 0 Å². The molecule has 1 aromatic carbocycles. The number of carbonyl (C=O) groups is 2. The van der Waals surface area contributed by atoms with E-state index in [2.05, 4.69) is 32.3 Å². The Balaban J connectivity index is 1.93. The van der Waals surface area contributed by atoms with Crippen molar-refractivity contribution in [3.05, 3.63) is 75.9 Å². The molecule has 1 unspecified atom stereocenters. The lowest BCUT2D eigenvalue weighted by molar-refractivity contribution is -0.126. The molecule has 2 aromatic heterocycles. The fraction of sp³-hybridized carbons (Fsp3) is 0.407. The number of amides is 2. The van der Waals surface area contributed by atoms with Crippen LogP contribution >= 0.6 is 0 Å². The van der Waals surface area contributed by atoms with Gasteiger partial charge in [0.15, 0.2) is 5.82 Å². The normalized spacial score (nSPS) is 12.1. The molecule has 10 heteroatoms. The second kappa shape index (κ2) is 11.8. The van der Waals surface area contributed by atoms with Gasteiger partial charge in [0.25, 0.3) is 5.91 Å². The van der Waals surface area contributed by atoms with Crippen molar-refractivity contribution >= 4 is 24.3 Å². The monoisotopic (exact) mass is 505 g/mol. The topological polar surface area (TPSA) is 123 Å². The maximum Gasteiger partial charge on any atom is 0.312 e. The summed E-state index contributed by atoms with van der Waals surface area (Å²) in [4.78, 5) is 51.3. The Labute approximate surface area is 216 Å². The SMILES string of the molecule is C=NC(=O)C(CC(=O)NCC(C)(C)C)c1c(C)ncn1-n1c(C)cnc(NCCc2ccccc2)c1=O. The number of benzene rings is 1. The van der Waals surface area contributed by atoms with Crippen molar-refractivity contribution < 1.29 is 9.59 Å². The Hall–Kier alpha value is -4.08. The average Bonchev–Trinajstić information content (AvgIpc) is 3.23. The number of aryl methyl sites for hydroxylation is 2. The fourth-order valence-electron chi connectivity index (χ4n) is 3.93. The van der Waals surface area contributed by atoms with Crippen molar-refractivity contribution in [1.29, 1.82) is 0 Å². The lowest BCUT2D eigenvalue weighted by atomic mass is 9.95. The number of anilines is 1. The molecule has 2 heterocycles. The number of aromatic nitrogens is 4. The second-order valence-electron chi connectivity index (χ2n) is 10.2. The lowest BCUT2D eigenvalue weighted by Gasteiger charge is -2.22. The highest BCUT2D eigenvalue weighted by atomic mass is 16.2. The standard InChI is InChI=1S/C27H35N7O3/c1-18-15-30-24(29-13-12-20-10-8-7-9-11-20)26(37)34(18)33-17-32-19(2)23(33)21(25(36)28-6)14-22(35)31-16-27(3,4)5/h7-11,15,17,21H,6,12-14,16H2,1-5H3,(H,29,30)(H,31,35). The van der Waals surface area contributed by atoms with Crippen molar-refractivity contribution in [2.45, 2.75) is 53.4 Å². The Morgan fingerprint density at radius 3 is 2.49 bits per heavy atom. The van der Waals surface area contributed by atoms with Crippen LogP contribution in [0.2, 0.25) is 0 Å². The molecule has 0 aliphatic carbocycles. The molecule has 10 nitrogen and oxygen atoms in total. The summed E-state index contributed by atoms with van der Waals surface area (Å²) in [7, 11) is 0. The Bertz CT molecular complexity index is 1320. The second-order valence-corrected chi connectivity index (χ2v) is 10.2. The molecule has 3 rings (SSSR count). The van der Waals surface area contributed by atoms with Crippen molar-refractivity contribution in [2.75, 3.05) is 18.4 Å². The van der Waals surface area contributed by atoms with Gasteiger partial charge in [-0.3, -0.25) is 14.4 Å². The van der Waals surface area contributed by atoms with Crippen LogP contribution in [0.4, 0.5) is 5.82 Å². The van der Waals surface area contributed by atoms with Gasteiger partial charge in [-0.05, 0) is 38.0 Å². The van der Waals surface area contributed by atoms with Gasteiger partial charge in [0.1, 0.15) is 6.33 Å². The van der Waals surface area contributed by atoms with Crippen LogP contribution in [0.25, 0.3) is 0 Å². The van der Waals surface area contributed by atoms with Crippen LogP contribution in [0.1, 0.15) is 55.8 Å². The molecule has 3 aromatic rings. The molecule has 2 N–H and O–H groups in total. The molecule has 2 amide bonds. The molecule has 0 saturated carbocycles. The highest BCUT2D eigenvalue weighted by Gasteiger charge is 2.30. The zero-order chi connectivity index (χ0) is 27.2. The minimum atomic E-state index is -0.964. The van der Waals surface area contributed by atoms with Crippen LogP contribution in [0.3, 0.4) is 0 Å². The van der Waals surface area contributed by atoms with Crippen LogP contribution in [-0.4, -0.2) is 50.9 Å². The third-order valence-electron chi connectivity index (χ3n) is 5.84. The van der Waals surface area contributed by atoms with Crippen LogP contribution in [0.5, 0.6) is 0 Å². The van der Waals surface area contributed by atoms with Gasteiger partial charge in [-0.25, -0.2) is 24.3 Å². The van der Waals surface area contributed by atoms with E-state index in [0.29, 0.717) is 30.2 Å². The molecular formula is C27H35N7O3. The minimum Gasteiger partial charge on any atom is -0.365 e. The predicted octanol–water partition coefficient (Wildman–Crippen LogP) is 2.89. The van der Waals surface area contributed by atoms with Crippen molar-refractivity contribution in [2.24, 2.45) is 10.4 Å². The van der Waals surface area contributed by atoms with E-state index in [1.165, 1.54) is 15.7 Å². The summed E-state index contributed by atoms with van der Waals surface area (Å²) in [5.74, 6) is -1.66. The first-order valence-electron chi connectivity index (χ1n) is 12.2. The zero-order valence-corrected chi connectivity index (χ0v) is 22.1. The number of imidazole rings is 1. The quantitative estimate of drug-likeness (QED) is 0.409. The molecule has 0 spiro atoms. The summed E-state index contributed by atoms with van der Waals surface area (Å²) in [6.07, 6.45) is 3.60. The van der Waals surface area contributed by atoms with Gasteiger partial charge in [-0.15, -0.1) is 0 Å². The maximum absolute atomic E-state index is 13.5. The Kier molecular flexibility index (Phi) is 8.75. The lowest BCUT2D eigenvalue weighted by Crippen LogP contribution is -2.36. The molecule has 0 aliphatic rings. The first-order valence-corrected chi connectivity index (χ1v) is 12.2. The molecule has 0 fully saturated rings.